The Bertz CT molecular complexity index is 1170. The third-order valence-electron chi connectivity index (χ3n) is 4.10. The molecule has 2 N–H and O–H groups in total. The third kappa shape index (κ3) is 3.67. The molecule has 0 saturated heterocycles. The molecular weight excluding hydrogens is 350 g/mol. The molecular formula is C19H17N3O3S. The molecule has 0 bridgehead atoms. The molecule has 0 saturated carbocycles. The van der Waals surface area contributed by atoms with E-state index in [-0.39, 0.29) is 22.6 Å². The molecule has 0 fully saturated rings. The highest BCUT2D eigenvalue weighted by atomic mass is 32.2. The number of nitriles is 1. The molecule has 0 aliphatic heterocycles. The minimum absolute atomic E-state index is 0.0192. The Morgan fingerprint density at radius 3 is 2.69 bits per heavy atom. The lowest BCUT2D eigenvalue weighted by Crippen LogP contribution is -2.26. The molecule has 1 aromatic heterocycles. The van der Waals surface area contributed by atoms with Crippen LogP contribution in [0.2, 0.25) is 0 Å². The van der Waals surface area contributed by atoms with Crippen molar-refractivity contribution in [3.63, 3.8) is 0 Å². The zero-order valence-corrected chi connectivity index (χ0v) is 14.9. The number of benzene rings is 2. The standard InChI is InChI=1S/C19H17N3O3S/c1-13-10-16-11-14(6-7-17(16)22-19(13)23)8-9-21-26(24,25)18-5-3-2-4-15(18)12-20/h2-7,10-11,21H,8-9H2,1H3,(H,22,23). The lowest BCUT2D eigenvalue weighted by molar-refractivity contribution is 0.581. The first-order valence-electron chi connectivity index (χ1n) is 8.02. The van der Waals surface area contributed by atoms with Crippen LogP contribution in [-0.2, 0) is 16.4 Å². The van der Waals surface area contributed by atoms with Crippen molar-refractivity contribution in [2.24, 2.45) is 0 Å². The van der Waals surface area contributed by atoms with Crippen molar-refractivity contribution < 1.29 is 8.42 Å². The van der Waals surface area contributed by atoms with E-state index in [2.05, 4.69) is 9.71 Å². The summed E-state index contributed by atoms with van der Waals surface area (Å²) in [5.41, 5.74) is 2.32. The molecule has 0 radical (unpaired) electrons. The molecule has 0 amide bonds. The molecule has 3 aromatic rings. The topological polar surface area (TPSA) is 103 Å². The van der Waals surface area contributed by atoms with Crippen LogP contribution in [0.1, 0.15) is 16.7 Å². The quantitative estimate of drug-likeness (QED) is 0.722. The van der Waals surface area contributed by atoms with Gasteiger partial charge in [0.25, 0.3) is 5.56 Å². The number of hydrogen-bond donors (Lipinski definition) is 2. The number of sulfonamides is 1. The maximum Gasteiger partial charge on any atom is 0.251 e. The number of aryl methyl sites for hydroxylation is 1. The Morgan fingerprint density at radius 1 is 1.15 bits per heavy atom. The predicted octanol–water partition coefficient (Wildman–Crippen LogP) is 2.23. The van der Waals surface area contributed by atoms with Crippen molar-refractivity contribution in [1.82, 2.24) is 9.71 Å². The molecule has 2 aromatic carbocycles. The Balaban J connectivity index is 1.75. The van der Waals surface area contributed by atoms with Gasteiger partial charge in [0.05, 0.1) is 10.5 Å². The summed E-state index contributed by atoms with van der Waals surface area (Å²) in [7, 11) is -3.75. The maximum atomic E-state index is 12.4. The lowest BCUT2D eigenvalue weighted by Gasteiger charge is -2.09. The second kappa shape index (κ2) is 7.12. The second-order valence-electron chi connectivity index (χ2n) is 5.96. The number of H-pyrrole nitrogens is 1. The lowest BCUT2D eigenvalue weighted by atomic mass is 10.1. The zero-order chi connectivity index (χ0) is 18.7. The van der Waals surface area contributed by atoms with E-state index < -0.39 is 10.0 Å². The number of rotatable bonds is 5. The van der Waals surface area contributed by atoms with Crippen molar-refractivity contribution in [3.05, 3.63) is 75.6 Å². The summed E-state index contributed by atoms with van der Waals surface area (Å²) < 4.78 is 27.3. The van der Waals surface area contributed by atoms with Gasteiger partial charge in [0.2, 0.25) is 10.0 Å². The van der Waals surface area contributed by atoms with Crippen LogP contribution in [0.4, 0.5) is 0 Å². The van der Waals surface area contributed by atoms with Gasteiger partial charge < -0.3 is 4.98 Å². The molecule has 0 unspecified atom stereocenters. The van der Waals surface area contributed by atoms with Crippen LogP contribution in [-0.4, -0.2) is 19.9 Å². The van der Waals surface area contributed by atoms with Gasteiger partial charge in [-0.3, -0.25) is 4.79 Å². The van der Waals surface area contributed by atoms with Gasteiger partial charge in [0, 0.05) is 17.6 Å². The van der Waals surface area contributed by atoms with Crippen molar-refractivity contribution in [1.29, 1.82) is 5.26 Å². The smallest absolute Gasteiger partial charge is 0.251 e. The highest BCUT2D eigenvalue weighted by Crippen LogP contribution is 2.16. The molecule has 6 nitrogen and oxygen atoms in total. The first-order valence-corrected chi connectivity index (χ1v) is 9.50. The molecule has 0 aliphatic carbocycles. The molecule has 3 rings (SSSR count). The van der Waals surface area contributed by atoms with Crippen molar-refractivity contribution in [2.75, 3.05) is 6.54 Å². The van der Waals surface area contributed by atoms with Crippen LogP contribution in [0.3, 0.4) is 0 Å². The van der Waals surface area contributed by atoms with E-state index in [4.69, 9.17) is 5.26 Å². The Morgan fingerprint density at radius 2 is 1.92 bits per heavy atom. The zero-order valence-electron chi connectivity index (χ0n) is 14.1. The monoisotopic (exact) mass is 367 g/mol. The van der Waals surface area contributed by atoms with Crippen LogP contribution in [0.25, 0.3) is 10.9 Å². The highest BCUT2D eigenvalue weighted by Gasteiger charge is 2.17. The molecule has 0 aliphatic rings. The number of fused-ring (bicyclic) bond motifs is 1. The van der Waals surface area contributed by atoms with Crippen LogP contribution < -0.4 is 10.3 Å². The van der Waals surface area contributed by atoms with Crippen LogP contribution in [0.5, 0.6) is 0 Å². The largest absolute Gasteiger partial charge is 0.322 e. The van der Waals surface area contributed by atoms with Gasteiger partial charge in [0.1, 0.15) is 6.07 Å². The number of aromatic nitrogens is 1. The van der Waals surface area contributed by atoms with Crippen LogP contribution in [0, 0.1) is 18.3 Å². The predicted molar refractivity (Wildman–Crippen MR) is 99.4 cm³/mol. The van der Waals surface area contributed by atoms with Crippen molar-refractivity contribution in [3.8, 4) is 6.07 Å². The first kappa shape index (κ1) is 17.9. The SMILES string of the molecule is Cc1cc2cc(CCNS(=O)(=O)c3ccccc3C#N)ccc2[nH]c1=O. The van der Waals surface area contributed by atoms with Gasteiger partial charge >= 0.3 is 0 Å². The van der Waals surface area contributed by atoms with E-state index in [1.807, 2.05) is 30.3 Å². The summed E-state index contributed by atoms with van der Waals surface area (Å²) in [6, 6.07) is 15.4. The van der Waals surface area contributed by atoms with E-state index in [9.17, 15) is 13.2 Å². The van der Waals surface area contributed by atoms with Gasteiger partial charge in [-0.1, -0.05) is 18.2 Å². The minimum Gasteiger partial charge on any atom is -0.322 e. The molecule has 0 spiro atoms. The average molecular weight is 367 g/mol. The summed E-state index contributed by atoms with van der Waals surface area (Å²) in [6.07, 6.45) is 0.488. The van der Waals surface area contributed by atoms with E-state index in [1.165, 1.54) is 12.1 Å². The molecule has 0 atom stereocenters. The van der Waals surface area contributed by atoms with Crippen LogP contribution in [0.15, 0.2) is 58.2 Å². The fourth-order valence-electron chi connectivity index (χ4n) is 2.72. The van der Waals surface area contributed by atoms with Gasteiger partial charge in [-0.15, -0.1) is 0 Å². The fraction of sp³-hybridized carbons (Fsp3) is 0.158. The summed E-state index contributed by atoms with van der Waals surface area (Å²) >= 11 is 0. The van der Waals surface area contributed by atoms with E-state index in [0.29, 0.717) is 12.0 Å². The van der Waals surface area contributed by atoms with Crippen LogP contribution >= 0.6 is 0 Å². The normalized spacial score (nSPS) is 11.4. The van der Waals surface area contributed by atoms with E-state index >= 15 is 0 Å². The van der Waals surface area contributed by atoms with E-state index in [0.717, 1.165) is 16.5 Å². The number of nitrogens with zero attached hydrogens (tertiary/aromatic N) is 1. The Hall–Kier alpha value is -2.95. The minimum atomic E-state index is -3.75. The molecule has 26 heavy (non-hydrogen) atoms. The third-order valence-corrected chi connectivity index (χ3v) is 5.62. The average Bonchev–Trinajstić information content (AvgIpc) is 2.62. The van der Waals surface area contributed by atoms with Crippen molar-refractivity contribution in [2.45, 2.75) is 18.2 Å². The first-order chi connectivity index (χ1) is 12.4. The van der Waals surface area contributed by atoms with Gasteiger partial charge in [-0.2, -0.15) is 5.26 Å². The number of hydrogen-bond acceptors (Lipinski definition) is 4. The second-order valence-corrected chi connectivity index (χ2v) is 7.69. The Labute approximate surface area is 151 Å². The summed E-state index contributed by atoms with van der Waals surface area (Å²) in [5, 5.41) is 9.96. The van der Waals surface area contributed by atoms with Crippen molar-refractivity contribution >= 4 is 20.9 Å². The molecule has 132 valence electrons. The molecule has 1 heterocycles. The summed E-state index contributed by atoms with van der Waals surface area (Å²) in [5.74, 6) is 0. The highest BCUT2D eigenvalue weighted by molar-refractivity contribution is 7.89. The molecule has 7 heteroatoms. The number of aromatic amines is 1. The fourth-order valence-corrected chi connectivity index (χ4v) is 3.91. The summed E-state index contributed by atoms with van der Waals surface area (Å²) in [4.78, 5) is 14.4. The number of pyridine rings is 1. The van der Waals surface area contributed by atoms with Gasteiger partial charge in [-0.25, -0.2) is 13.1 Å². The van der Waals surface area contributed by atoms with E-state index in [1.54, 1.807) is 19.1 Å². The maximum absolute atomic E-state index is 12.4. The van der Waals surface area contributed by atoms with Gasteiger partial charge in [-0.05, 0) is 54.6 Å². The summed E-state index contributed by atoms with van der Waals surface area (Å²) in [6.45, 7) is 1.95. The Kier molecular flexibility index (Phi) is 4.89. The number of nitrogens with one attached hydrogen (secondary N) is 2. The van der Waals surface area contributed by atoms with Gasteiger partial charge in [0.15, 0.2) is 0 Å².